The summed E-state index contributed by atoms with van der Waals surface area (Å²) < 4.78 is 5.62. The lowest BCUT2D eigenvalue weighted by molar-refractivity contribution is -0.138. The lowest BCUT2D eigenvalue weighted by atomic mass is 9.92. The summed E-state index contributed by atoms with van der Waals surface area (Å²) in [5.74, 6) is -1.50. The number of carbonyl (C=O) groups excluding carboxylic acids is 2. The van der Waals surface area contributed by atoms with E-state index in [1.165, 1.54) is 0 Å². The average Bonchev–Trinajstić information content (AvgIpc) is 3.16. The topological polar surface area (TPSA) is 105 Å². The molecule has 2 aromatic rings. The monoisotopic (exact) mass is 480 g/mol. The maximum Gasteiger partial charge on any atom is 0.407 e. The second-order valence-corrected chi connectivity index (χ2v) is 9.68. The van der Waals surface area contributed by atoms with Crippen molar-refractivity contribution in [3.05, 3.63) is 59.7 Å². The molecule has 0 spiro atoms. The van der Waals surface area contributed by atoms with Gasteiger partial charge in [-0.05, 0) is 40.0 Å². The van der Waals surface area contributed by atoms with Crippen molar-refractivity contribution >= 4 is 18.0 Å². The van der Waals surface area contributed by atoms with Gasteiger partial charge < -0.3 is 20.5 Å². The largest absolute Gasteiger partial charge is 0.481 e. The van der Waals surface area contributed by atoms with Gasteiger partial charge in [-0.15, -0.1) is 0 Å². The number of alkyl carbamates (subject to hydrolysis) is 1. The van der Waals surface area contributed by atoms with Crippen LogP contribution in [0.2, 0.25) is 0 Å². The molecule has 3 N–H and O–H groups in total. The number of carboxylic acids is 1. The number of amides is 2. The normalized spacial score (nSPS) is 15.0. The molecule has 2 aromatic carbocycles. The quantitative estimate of drug-likeness (QED) is 0.428. The SMILES string of the molecule is CC[C@H](C)[C@H](NC(=O)OCC1c2ccccc2-c2ccccc21)C(=O)NCC(CC(=O)O)C(C)C. The highest BCUT2D eigenvalue weighted by Crippen LogP contribution is 2.44. The van der Waals surface area contributed by atoms with Crippen molar-refractivity contribution in [3.63, 3.8) is 0 Å². The fourth-order valence-corrected chi connectivity index (χ4v) is 4.58. The highest BCUT2D eigenvalue weighted by atomic mass is 16.5. The summed E-state index contributed by atoms with van der Waals surface area (Å²) in [5.41, 5.74) is 4.54. The Morgan fingerprint density at radius 1 is 0.971 bits per heavy atom. The Morgan fingerprint density at radius 3 is 2.06 bits per heavy atom. The van der Waals surface area contributed by atoms with Crippen LogP contribution in [0.25, 0.3) is 11.1 Å². The third-order valence-corrected chi connectivity index (χ3v) is 7.03. The van der Waals surface area contributed by atoms with Gasteiger partial charge in [-0.2, -0.15) is 0 Å². The summed E-state index contributed by atoms with van der Waals surface area (Å²) >= 11 is 0. The Morgan fingerprint density at radius 2 is 1.54 bits per heavy atom. The first-order valence-electron chi connectivity index (χ1n) is 12.3. The van der Waals surface area contributed by atoms with E-state index in [1.54, 1.807) is 0 Å². The third-order valence-electron chi connectivity index (χ3n) is 7.03. The fourth-order valence-electron chi connectivity index (χ4n) is 4.58. The minimum absolute atomic E-state index is 0.0221. The molecule has 0 aliphatic heterocycles. The molecule has 7 heteroatoms. The Labute approximate surface area is 207 Å². The molecule has 0 radical (unpaired) electrons. The van der Waals surface area contributed by atoms with Gasteiger partial charge in [-0.1, -0.05) is 82.6 Å². The minimum atomic E-state index is -0.895. The van der Waals surface area contributed by atoms with Crippen LogP contribution in [0.1, 0.15) is 57.6 Å². The molecule has 3 atom stereocenters. The van der Waals surface area contributed by atoms with Gasteiger partial charge in [-0.25, -0.2) is 4.79 Å². The zero-order valence-electron chi connectivity index (χ0n) is 20.9. The van der Waals surface area contributed by atoms with Crippen molar-refractivity contribution in [2.75, 3.05) is 13.2 Å². The first-order valence-corrected chi connectivity index (χ1v) is 12.3. The number of aliphatic carboxylic acids is 1. The molecule has 0 saturated carbocycles. The number of benzene rings is 2. The first-order chi connectivity index (χ1) is 16.7. The van der Waals surface area contributed by atoms with Gasteiger partial charge >= 0.3 is 12.1 Å². The second-order valence-electron chi connectivity index (χ2n) is 9.68. The molecule has 0 fully saturated rings. The van der Waals surface area contributed by atoms with E-state index in [4.69, 9.17) is 9.84 Å². The second kappa shape index (κ2) is 11.9. The molecule has 0 saturated heterocycles. The molecule has 35 heavy (non-hydrogen) atoms. The van der Waals surface area contributed by atoms with Crippen molar-refractivity contribution in [1.82, 2.24) is 10.6 Å². The zero-order valence-corrected chi connectivity index (χ0v) is 20.9. The van der Waals surface area contributed by atoms with E-state index in [9.17, 15) is 14.4 Å². The Hall–Kier alpha value is -3.35. The number of hydrogen-bond acceptors (Lipinski definition) is 4. The van der Waals surface area contributed by atoms with E-state index in [2.05, 4.69) is 34.9 Å². The summed E-state index contributed by atoms with van der Waals surface area (Å²) in [5, 5.41) is 14.7. The summed E-state index contributed by atoms with van der Waals surface area (Å²) in [6, 6.07) is 15.5. The highest BCUT2D eigenvalue weighted by molar-refractivity contribution is 5.86. The lowest BCUT2D eigenvalue weighted by Gasteiger charge is -2.26. The van der Waals surface area contributed by atoms with Crippen molar-refractivity contribution in [1.29, 1.82) is 0 Å². The predicted molar refractivity (Wildman–Crippen MR) is 135 cm³/mol. The van der Waals surface area contributed by atoms with Crippen molar-refractivity contribution in [3.8, 4) is 11.1 Å². The summed E-state index contributed by atoms with van der Waals surface area (Å²) in [7, 11) is 0. The number of ether oxygens (including phenoxy) is 1. The molecule has 0 aromatic heterocycles. The Bertz CT molecular complexity index is 1010. The minimum Gasteiger partial charge on any atom is -0.481 e. The number of fused-ring (bicyclic) bond motifs is 3. The van der Waals surface area contributed by atoms with Crippen molar-refractivity contribution in [2.45, 2.75) is 52.5 Å². The van der Waals surface area contributed by atoms with E-state index >= 15 is 0 Å². The van der Waals surface area contributed by atoms with Crippen LogP contribution in [-0.4, -0.2) is 42.3 Å². The average molecular weight is 481 g/mol. The summed E-state index contributed by atoms with van der Waals surface area (Å²) in [4.78, 5) is 36.9. The van der Waals surface area contributed by atoms with Gasteiger partial charge in [0.15, 0.2) is 0 Å². The standard InChI is InChI=1S/C28H36N2O5/c1-5-18(4)26(27(33)29-15-19(17(2)3)14-25(31)32)30-28(34)35-16-24-22-12-8-6-10-20(22)21-11-7-9-13-23(21)24/h6-13,17-19,24,26H,5,14-16H2,1-4H3,(H,29,33)(H,30,34)(H,31,32)/t18-,19?,26-/m0/s1. The maximum absolute atomic E-state index is 13.0. The van der Waals surface area contributed by atoms with Gasteiger partial charge in [0, 0.05) is 12.5 Å². The van der Waals surface area contributed by atoms with E-state index < -0.39 is 18.1 Å². The van der Waals surface area contributed by atoms with Gasteiger partial charge in [0.2, 0.25) is 5.91 Å². The molecule has 1 unspecified atom stereocenters. The number of nitrogens with one attached hydrogen (secondary N) is 2. The predicted octanol–water partition coefficient (Wildman–Crippen LogP) is 4.80. The molecule has 0 bridgehead atoms. The Kier molecular flexibility index (Phi) is 8.90. The van der Waals surface area contributed by atoms with Gasteiger partial charge in [-0.3, -0.25) is 9.59 Å². The van der Waals surface area contributed by atoms with Crippen LogP contribution < -0.4 is 10.6 Å². The van der Waals surface area contributed by atoms with Gasteiger partial charge in [0.1, 0.15) is 12.6 Å². The summed E-state index contributed by atoms with van der Waals surface area (Å²) in [6.07, 6.45) is 0.0224. The molecule has 188 valence electrons. The van der Waals surface area contributed by atoms with Crippen LogP contribution >= 0.6 is 0 Å². The molecule has 2 amide bonds. The number of rotatable bonds is 11. The van der Waals surface area contributed by atoms with E-state index in [1.807, 2.05) is 52.0 Å². The van der Waals surface area contributed by atoms with E-state index in [0.29, 0.717) is 6.42 Å². The highest BCUT2D eigenvalue weighted by Gasteiger charge is 2.31. The molecule has 7 nitrogen and oxygen atoms in total. The Balaban J connectivity index is 1.63. The van der Waals surface area contributed by atoms with Gasteiger partial charge in [0.25, 0.3) is 0 Å². The fraction of sp³-hybridized carbons (Fsp3) is 0.464. The smallest absolute Gasteiger partial charge is 0.407 e. The molecular formula is C28H36N2O5. The molecule has 0 heterocycles. The number of carbonyl (C=O) groups is 3. The third kappa shape index (κ3) is 6.41. The summed E-state index contributed by atoms with van der Waals surface area (Å²) in [6.45, 7) is 8.11. The number of hydrogen-bond donors (Lipinski definition) is 3. The zero-order chi connectivity index (χ0) is 25.5. The molecule has 3 rings (SSSR count). The van der Waals surface area contributed by atoms with Crippen LogP contribution in [0.4, 0.5) is 4.79 Å². The van der Waals surface area contributed by atoms with E-state index in [-0.39, 0.29) is 49.2 Å². The lowest BCUT2D eigenvalue weighted by Crippen LogP contribution is -2.51. The van der Waals surface area contributed by atoms with Crippen molar-refractivity contribution < 1.29 is 24.2 Å². The van der Waals surface area contributed by atoms with Crippen molar-refractivity contribution in [2.24, 2.45) is 17.8 Å². The maximum atomic E-state index is 13.0. The van der Waals surface area contributed by atoms with Crippen LogP contribution in [0.3, 0.4) is 0 Å². The van der Waals surface area contributed by atoms with Crippen LogP contribution in [0.5, 0.6) is 0 Å². The van der Waals surface area contributed by atoms with Gasteiger partial charge in [0.05, 0.1) is 6.42 Å². The first kappa shape index (κ1) is 26.3. The van der Waals surface area contributed by atoms with Crippen LogP contribution in [-0.2, 0) is 14.3 Å². The number of carboxylic acid groups (broad SMARTS) is 1. The molecule has 1 aliphatic rings. The molecule has 1 aliphatic carbocycles. The van der Waals surface area contributed by atoms with E-state index in [0.717, 1.165) is 22.3 Å². The molecular weight excluding hydrogens is 444 g/mol. The van der Waals surface area contributed by atoms with Crippen LogP contribution in [0, 0.1) is 17.8 Å². The van der Waals surface area contributed by atoms with Crippen LogP contribution in [0.15, 0.2) is 48.5 Å².